The molecule has 0 aliphatic heterocycles. The van der Waals surface area contributed by atoms with Gasteiger partial charge in [-0.15, -0.1) is 5.10 Å². The molecule has 1 N–H and O–H groups in total. The maximum atomic E-state index is 12.7. The van der Waals surface area contributed by atoms with Crippen LogP contribution in [-0.4, -0.2) is 53.5 Å². The molecule has 3 aromatic rings. The van der Waals surface area contributed by atoms with Crippen molar-refractivity contribution < 1.29 is 18.0 Å². The first kappa shape index (κ1) is 20.7. The third-order valence-electron chi connectivity index (χ3n) is 4.38. The molecule has 1 heterocycles. The van der Waals surface area contributed by atoms with Crippen molar-refractivity contribution in [3.63, 3.8) is 0 Å². The summed E-state index contributed by atoms with van der Waals surface area (Å²) in [6.45, 7) is 5.94. The SMILES string of the molecule is CCN(CC)S(=O)(=O)c1ccc2nnn(OCC(=O)Nc3ccc(C)cc3)c2c1. The van der Waals surface area contributed by atoms with Gasteiger partial charge in [0.25, 0.3) is 5.91 Å². The number of amides is 1. The lowest BCUT2D eigenvalue weighted by Crippen LogP contribution is -2.30. The van der Waals surface area contributed by atoms with Crippen molar-refractivity contribution >= 4 is 32.7 Å². The molecule has 1 amide bonds. The zero-order valence-corrected chi connectivity index (χ0v) is 17.3. The molecule has 3 rings (SSSR count). The van der Waals surface area contributed by atoms with E-state index in [2.05, 4.69) is 15.6 Å². The Morgan fingerprint density at radius 3 is 2.48 bits per heavy atom. The number of carbonyl (C=O) groups excluding carboxylic acids is 1. The Hall–Kier alpha value is -2.98. The molecule has 0 saturated carbocycles. The second-order valence-electron chi connectivity index (χ2n) is 6.39. The number of aryl methyl sites for hydroxylation is 1. The van der Waals surface area contributed by atoms with E-state index in [1.807, 2.05) is 19.1 Å². The fourth-order valence-corrected chi connectivity index (χ4v) is 4.28. The van der Waals surface area contributed by atoms with E-state index in [4.69, 9.17) is 4.84 Å². The second kappa shape index (κ2) is 8.58. The van der Waals surface area contributed by atoms with E-state index in [0.29, 0.717) is 29.8 Å². The van der Waals surface area contributed by atoms with E-state index < -0.39 is 10.0 Å². The Bertz CT molecular complexity index is 1110. The Morgan fingerprint density at radius 2 is 1.83 bits per heavy atom. The molecule has 0 radical (unpaired) electrons. The van der Waals surface area contributed by atoms with Crippen LogP contribution in [0.2, 0.25) is 0 Å². The van der Waals surface area contributed by atoms with Gasteiger partial charge in [-0.05, 0) is 42.5 Å². The van der Waals surface area contributed by atoms with Gasteiger partial charge < -0.3 is 10.2 Å². The summed E-state index contributed by atoms with van der Waals surface area (Å²) in [4.78, 5) is 18.7. The Morgan fingerprint density at radius 1 is 1.14 bits per heavy atom. The molecule has 0 saturated heterocycles. The predicted molar refractivity (Wildman–Crippen MR) is 109 cm³/mol. The lowest BCUT2D eigenvalue weighted by atomic mass is 10.2. The Labute approximate surface area is 169 Å². The van der Waals surface area contributed by atoms with Gasteiger partial charge in [0.15, 0.2) is 6.61 Å². The average Bonchev–Trinajstić information content (AvgIpc) is 3.11. The van der Waals surface area contributed by atoms with Crippen molar-refractivity contribution in [1.82, 2.24) is 19.5 Å². The van der Waals surface area contributed by atoms with Gasteiger partial charge in [0.05, 0.1) is 4.90 Å². The smallest absolute Gasteiger partial charge is 0.265 e. The highest BCUT2D eigenvalue weighted by Crippen LogP contribution is 2.20. The summed E-state index contributed by atoms with van der Waals surface area (Å²) in [5, 5.41) is 10.5. The molecule has 2 aromatic carbocycles. The van der Waals surface area contributed by atoms with Gasteiger partial charge in [-0.3, -0.25) is 4.79 Å². The normalized spacial score (nSPS) is 11.7. The van der Waals surface area contributed by atoms with E-state index >= 15 is 0 Å². The molecule has 0 fully saturated rings. The summed E-state index contributed by atoms with van der Waals surface area (Å²) in [5.74, 6) is -0.371. The number of carbonyl (C=O) groups is 1. The molecule has 29 heavy (non-hydrogen) atoms. The van der Waals surface area contributed by atoms with Crippen LogP contribution in [0, 0.1) is 6.92 Å². The number of aromatic nitrogens is 3. The van der Waals surface area contributed by atoms with Crippen LogP contribution >= 0.6 is 0 Å². The molecule has 0 atom stereocenters. The van der Waals surface area contributed by atoms with Crippen LogP contribution < -0.4 is 10.2 Å². The van der Waals surface area contributed by atoms with Crippen LogP contribution in [0.15, 0.2) is 47.4 Å². The van der Waals surface area contributed by atoms with Gasteiger partial charge >= 0.3 is 0 Å². The van der Waals surface area contributed by atoms with Crippen LogP contribution in [0.25, 0.3) is 11.0 Å². The van der Waals surface area contributed by atoms with E-state index in [9.17, 15) is 13.2 Å². The van der Waals surface area contributed by atoms with Crippen LogP contribution in [0.1, 0.15) is 19.4 Å². The van der Waals surface area contributed by atoms with Crippen molar-refractivity contribution in [2.45, 2.75) is 25.7 Å². The third kappa shape index (κ3) is 4.54. The molecule has 0 aliphatic rings. The fraction of sp³-hybridized carbons (Fsp3) is 0.316. The topological polar surface area (TPSA) is 106 Å². The molecule has 0 bridgehead atoms. The largest absolute Gasteiger partial charge is 0.385 e. The number of hydrogen-bond donors (Lipinski definition) is 1. The summed E-state index contributed by atoms with van der Waals surface area (Å²) < 4.78 is 26.8. The summed E-state index contributed by atoms with van der Waals surface area (Å²) in [6.07, 6.45) is 0. The number of anilines is 1. The first-order valence-electron chi connectivity index (χ1n) is 9.20. The van der Waals surface area contributed by atoms with E-state index in [0.717, 1.165) is 10.4 Å². The first-order chi connectivity index (χ1) is 13.8. The Balaban J connectivity index is 1.76. The summed E-state index contributed by atoms with van der Waals surface area (Å²) in [6, 6.07) is 11.9. The van der Waals surface area contributed by atoms with Crippen molar-refractivity contribution in [3.05, 3.63) is 48.0 Å². The monoisotopic (exact) mass is 417 g/mol. The fourth-order valence-electron chi connectivity index (χ4n) is 2.80. The molecule has 9 nitrogen and oxygen atoms in total. The number of nitrogens with zero attached hydrogens (tertiary/aromatic N) is 4. The number of sulfonamides is 1. The van der Waals surface area contributed by atoms with E-state index in [-0.39, 0.29) is 17.4 Å². The third-order valence-corrected chi connectivity index (χ3v) is 6.43. The highest BCUT2D eigenvalue weighted by atomic mass is 32.2. The van der Waals surface area contributed by atoms with Crippen molar-refractivity contribution in [2.24, 2.45) is 0 Å². The average molecular weight is 417 g/mol. The van der Waals surface area contributed by atoms with Gasteiger partial charge in [-0.25, -0.2) is 8.42 Å². The maximum absolute atomic E-state index is 12.7. The highest BCUT2D eigenvalue weighted by Gasteiger charge is 2.23. The van der Waals surface area contributed by atoms with Crippen LogP contribution in [0.3, 0.4) is 0 Å². The van der Waals surface area contributed by atoms with Crippen molar-refractivity contribution in [2.75, 3.05) is 25.0 Å². The minimum atomic E-state index is -3.63. The second-order valence-corrected chi connectivity index (χ2v) is 8.33. The molecule has 0 unspecified atom stereocenters. The quantitative estimate of drug-likeness (QED) is 0.599. The molecule has 154 valence electrons. The predicted octanol–water partition coefficient (Wildman–Crippen LogP) is 1.84. The standard InChI is InChI=1S/C19H23N5O4S/c1-4-23(5-2)29(26,27)16-10-11-17-18(12-16)24(22-21-17)28-13-19(25)20-15-8-6-14(3)7-9-15/h6-12H,4-5,13H2,1-3H3,(H,20,25). The summed E-state index contributed by atoms with van der Waals surface area (Å²) in [5.41, 5.74) is 2.56. The number of benzene rings is 2. The van der Waals surface area contributed by atoms with Crippen LogP contribution in [0.4, 0.5) is 5.69 Å². The zero-order chi connectivity index (χ0) is 21.0. The van der Waals surface area contributed by atoms with Crippen molar-refractivity contribution in [3.8, 4) is 0 Å². The molecular weight excluding hydrogens is 394 g/mol. The molecule has 0 aliphatic carbocycles. The molecule has 1 aromatic heterocycles. The number of nitrogens with one attached hydrogen (secondary N) is 1. The maximum Gasteiger partial charge on any atom is 0.265 e. The molecular formula is C19H23N5O4S. The molecule has 0 spiro atoms. The van der Waals surface area contributed by atoms with Crippen LogP contribution in [-0.2, 0) is 14.8 Å². The van der Waals surface area contributed by atoms with E-state index in [1.54, 1.807) is 32.0 Å². The summed E-state index contributed by atoms with van der Waals surface area (Å²) in [7, 11) is -3.63. The minimum absolute atomic E-state index is 0.116. The van der Waals surface area contributed by atoms with Gasteiger partial charge in [0.1, 0.15) is 11.0 Å². The number of fused-ring (bicyclic) bond motifs is 1. The lowest BCUT2D eigenvalue weighted by Gasteiger charge is -2.18. The number of rotatable bonds is 8. The van der Waals surface area contributed by atoms with Gasteiger partial charge in [0.2, 0.25) is 10.0 Å². The first-order valence-corrected chi connectivity index (χ1v) is 10.6. The highest BCUT2D eigenvalue weighted by molar-refractivity contribution is 7.89. The lowest BCUT2D eigenvalue weighted by molar-refractivity contribution is -0.121. The summed E-state index contributed by atoms with van der Waals surface area (Å²) >= 11 is 0. The minimum Gasteiger partial charge on any atom is -0.385 e. The van der Waals surface area contributed by atoms with Gasteiger partial charge in [-0.1, -0.05) is 36.4 Å². The zero-order valence-electron chi connectivity index (χ0n) is 16.5. The van der Waals surface area contributed by atoms with Gasteiger partial charge in [0, 0.05) is 18.8 Å². The van der Waals surface area contributed by atoms with E-state index in [1.165, 1.54) is 16.4 Å². The number of hydrogen-bond acceptors (Lipinski definition) is 6. The molecule has 10 heteroatoms. The van der Waals surface area contributed by atoms with Crippen molar-refractivity contribution in [1.29, 1.82) is 0 Å². The van der Waals surface area contributed by atoms with Crippen LogP contribution in [0.5, 0.6) is 0 Å². The van der Waals surface area contributed by atoms with Gasteiger partial charge in [-0.2, -0.15) is 4.31 Å². The Kier molecular flexibility index (Phi) is 6.14.